The maximum atomic E-state index is 10.8. The van der Waals surface area contributed by atoms with E-state index in [-0.39, 0.29) is 0 Å². The van der Waals surface area contributed by atoms with Crippen LogP contribution in [0, 0.1) is 0 Å². The van der Waals surface area contributed by atoms with E-state index < -0.39 is 12.1 Å². The molecule has 2 rings (SSSR count). The number of ether oxygens (including phenoxy) is 1. The molecule has 0 fully saturated rings. The van der Waals surface area contributed by atoms with Crippen molar-refractivity contribution in [2.24, 2.45) is 0 Å². The normalized spacial score (nSPS) is 19.2. The monoisotopic (exact) mass is 290 g/mol. The van der Waals surface area contributed by atoms with Gasteiger partial charge in [0, 0.05) is 5.02 Å². The summed E-state index contributed by atoms with van der Waals surface area (Å²) in [5.74, 6) is -0.333. The smallest absolute Gasteiger partial charge is 0.344 e. The third-order valence-corrected chi connectivity index (χ3v) is 3.10. The summed E-state index contributed by atoms with van der Waals surface area (Å²) < 4.78 is 6.08. The van der Waals surface area contributed by atoms with Crippen molar-refractivity contribution in [2.75, 3.05) is 0 Å². The highest BCUT2D eigenvalue weighted by atomic mass is 79.9. The van der Waals surface area contributed by atoms with Crippen molar-refractivity contribution in [3.63, 3.8) is 0 Å². The minimum Gasteiger partial charge on any atom is -0.479 e. The minimum atomic E-state index is -0.928. The van der Waals surface area contributed by atoms with E-state index in [1.165, 1.54) is 0 Å². The maximum Gasteiger partial charge on any atom is 0.344 e. The topological polar surface area (TPSA) is 46.5 Å². The molecule has 0 saturated heterocycles. The highest BCUT2D eigenvalue weighted by Crippen LogP contribution is 2.37. The van der Waals surface area contributed by atoms with Crippen LogP contribution >= 0.6 is 27.5 Å². The van der Waals surface area contributed by atoms with Gasteiger partial charge in [-0.25, -0.2) is 4.79 Å². The number of carbonyl (C=O) groups is 1. The molecule has 0 bridgehead atoms. The van der Waals surface area contributed by atoms with Gasteiger partial charge in [-0.15, -0.1) is 0 Å². The SMILES string of the molecule is O=C(O)[C@H]1CCc2cc(Cl)cc(Br)c2O1. The van der Waals surface area contributed by atoms with Gasteiger partial charge in [-0.2, -0.15) is 0 Å². The van der Waals surface area contributed by atoms with Crippen LogP contribution in [0.2, 0.25) is 5.02 Å². The van der Waals surface area contributed by atoms with Gasteiger partial charge in [0.05, 0.1) is 4.47 Å². The molecule has 1 heterocycles. The first kappa shape index (κ1) is 10.8. The van der Waals surface area contributed by atoms with Crippen LogP contribution in [-0.2, 0) is 11.2 Å². The zero-order chi connectivity index (χ0) is 11.0. The number of rotatable bonds is 1. The van der Waals surface area contributed by atoms with Gasteiger partial charge < -0.3 is 9.84 Å². The number of carboxylic acid groups (broad SMARTS) is 1. The highest BCUT2D eigenvalue weighted by Gasteiger charge is 2.27. The van der Waals surface area contributed by atoms with Gasteiger partial charge in [0.25, 0.3) is 0 Å². The molecule has 1 atom stereocenters. The Morgan fingerprint density at radius 2 is 2.33 bits per heavy atom. The molecule has 0 spiro atoms. The van der Waals surface area contributed by atoms with Gasteiger partial charge in [-0.1, -0.05) is 11.6 Å². The molecule has 1 aromatic carbocycles. The number of fused-ring (bicyclic) bond motifs is 1. The summed E-state index contributed by atoms with van der Waals surface area (Å²) >= 11 is 9.19. The highest BCUT2D eigenvalue weighted by molar-refractivity contribution is 9.10. The van der Waals surface area contributed by atoms with E-state index in [0.29, 0.717) is 28.1 Å². The fourth-order valence-corrected chi connectivity index (χ4v) is 2.56. The summed E-state index contributed by atoms with van der Waals surface area (Å²) in [7, 11) is 0. The predicted octanol–water partition coefficient (Wildman–Crippen LogP) is 2.88. The van der Waals surface area contributed by atoms with Gasteiger partial charge in [0.1, 0.15) is 5.75 Å². The summed E-state index contributed by atoms with van der Waals surface area (Å²) in [5, 5.41) is 9.47. The molecule has 0 saturated carbocycles. The molecule has 0 unspecified atom stereocenters. The lowest BCUT2D eigenvalue weighted by atomic mass is 10.0. The van der Waals surface area contributed by atoms with Gasteiger partial charge in [0.15, 0.2) is 6.10 Å². The number of aliphatic carboxylic acids is 1. The number of aryl methyl sites for hydroxylation is 1. The van der Waals surface area contributed by atoms with E-state index in [1.54, 1.807) is 12.1 Å². The Hall–Kier alpha value is -0.740. The van der Waals surface area contributed by atoms with Gasteiger partial charge >= 0.3 is 5.97 Å². The molecular formula is C10H8BrClO3. The molecule has 3 nitrogen and oxygen atoms in total. The van der Waals surface area contributed by atoms with E-state index >= 15 is 0 Å². The van der Waals surface area contributed by atoms with Crippen LogP contribution in [0.4, 0.5) is 0 Å². The van der Waals surface area contributed by atoms with Crippen LogP contribution in [-0.4, -0.2) is 17.2 Å². The molecule has 0 amide bonds. The van der Waals surface area contributed by atoms with Crippen molar-refractivity contribution in [2.45, 2.75) is 18.9 Å². The molecule has 15 heavy (non-hydrogen) atoms. The van der Waals surface area contributed by atoms with E-state index in [2.05, 4.69) is 15.9 Å². The number of hydrogen-bond donors (Lipinski definition) is 1. The predicted molar refractivity (Wildman–Crippen MR) is 59.5 cm³/mol. The fourth-order valence-electron chi connectivity index (χ4n) is 1.59. The standard InChI is InChI=1S/C10H8BrClO3/c11-7-4-6(12)3-5-1-2-8(10(13)14)15-9(5)7/h3-4,8H,1-2H2,(H,13,14)/t8-/m1/s1. The molecule has 0 aliphatic carbocycles. The number of carboxylic acids is 1. The molecule has 0 aromatic heterocycles. The average Bonchev–Trinajstić information content (AvgIpc) is 2.16. The van der Waals surface area contributed by atoms with Crippen molar-refractivity contribution in [3.05, 3.63) is 27.2 Å². The Balaban J connectivity index is 2.37. The largest absolute Gasteiger partial charge is 0.479 e. The average molecular weight is 292 g/mol. The quantitative estimate of drug-likeness (QED) is 0.865. The Bertz CT molecular complexity index is 419. The van der Waals surface area contributed by atoms with Gasteiger partial charge in [-0.3, -0.25) is 0 Å². The maximum absolute atomic E-state index is 10.8. The number of halogens is 2. The van der Waals surface area contributed by atoms with Crippen molar-refractivity contribution in [3.8, 4) is 5.75 Å². The Morgan fingerprint density at radius 1 is 1.60 bits per heavy atom. The number of hydrogen-bond acceptors (Lipinski definition) is 2. The van der Waals surface area contributed by atoms with Crippen molar-refractivity contribution in [1.82, 2.24) is 0 Å². The molecule has 1 aliphatic heterocycles. The zero-order valence-electron chi connectivity index (χ0n) is 7.67. The fraction of sp³-hybridized carbons (Fsp3) is 0.300. The Kier molecular flexibility index (Phi) is 2.89. The lowest BCUT2D eigenvalue weighted by molar-refractivity contribution is -0.145. The first-order valence-corrected chi connectivity index (χ1v) is 5.62. The van der Waals surface area contributed by atoms with Crippen molar-refractivity contribution >= 4 is 33.5 Å². The second kappa shape index (κ2) is 4.02. The third-order valence-electron chi connectivity index (χ3n) is 2.30. The van der Waals surface area contributed by atoms with Crippen molar-refractivity contribution in [1.29, 1.82) is 0 Å². The van der Waals surface area contributed by atoms with Crippen LogP contribution in [0.25, 0.3) is 0 Å². The summed E-state index contributed by atoms with van der Waals surface area (Å²) in [6, 6.07) is 3.50. The lowest BCUT2D eigenvalue weighted by Gasteiger charge is -2.24. The van der Waals surface area contributed by atoms with Crippen LogP contribution in [0.5, 0.6) is 5.75 Å². The molecule has 1 aliphatic rings. The zero-order valence-corrected chi connectivity index (χ0v) is 10.0. The molecule has 1 aromatic rings. The van der Waals surface area contributed by atoms with Gasteiger partial charge in [-0.05, 0) is 46.5 Å². The molecular weight excluding hydrogens is 283 g/mol. The summed E-state index contributed by atoms with van der Waals surface area (Å²) in [5.41, 5.74) is 0.951. The van der Waals surface area contributed by atoms with E-state index in [4.69, 9.17) is 21.4 Å². The lowest BCUT2D eigenvalue weighted by Crippen LogP contribution is -2.31. The first-order valence-electron chi connectivity index (χ1n) is 4.45. The third kappa shape index (κ3) is 2.11. The molecule has 80 valence electrons. The first-order chi connectivity index (χ1) is 7.08. The minimum absolute atomic E-state index is 0.481. The van der Waals surface area contributed by atoms with Crippen LogP contribution in [0.1, 0.15) is 12.0 Å². The van der Waals surface area contributed by atoms with E-state index in [1.807, 2.05) is 0 Å². The van der Waals surface area contributed by atoms with Crippen LogP contribution < -0.4 is 4.74 Å². The van der Waals surface area contributed by atoms with E-state index in [0.717, 1.165) is 5.56 Å². The molecule has 0 radical (unpaired) electrons. The van der Waals surface area contributed by atoms with Gasteiger partial charge in [0.2, 0.25) is 0 Å². The summed E-state index contributed by atoms with van der Waals surface area (Å²) in [6.07, 6.45) is 0.399. The molecule has 5 heteroatoms. The van der Waals surface area contributed by atoms with Crippen molar-refractivity contribution < 1.29 is 14.6 Å². The van der Waals surface area contributed by atoms with Crippen LogP contribution in [0.15, 0.2) is 16.6 Å². The Labute approximate surface area is 100 Å². The number of benzene rings is 1. The second-order valence-corrected chi connectivity index (χ2v) is 4.65. The van der Waals surface area contributed by atoms with Crippen LogP contribution in [0.3, 0.4) is 0 Å². The second-order valence-electron chi connectivity index (χ2n) is 3.36. The summed E-state index contributed by atoms with van der Waals surface area (Å²) in [4.78, 5) is 10.8. The molecule has 1 N–H and O–H groups in total. The van der Waals surface area contributed by atoms with E-state index in [9.17, 15) is 4.79 Å². The summed E-state index contributed by atoms with van der Waals surface area (Å²) in [6.45, 7) is 0. The Morgan fingerprint density at radius 3 is 3.00 bits per heavy atom.